The average molecular weight is 290 g/mol. The first-order valence-electron chi connectivity index (χ1n) is 6.11. The number of rotatable bonds is 9. The summed E-state index contributed by atoms with van der Waals surface area (Å²) in [6.45, 7) is 3.57. The minimum absolute atomic E-state index is 0. The average Bonchev–Trinajstić information content (AvgIpc) is 2.25. The number of carbonyl (C=O) groups excluding carboxylic acids is 1. The van der Waals surface area contributed by atoms with Gasteiger partial charge in [-0.3, -0.25) is 9.36 Å². The van der Waals surface area contributed by atoms with E-state index in [1.54, 1.807) is 0 Å². The summed E-state index contributed by atoms with van der Waals surface area (Å²) in [5.41, 5.74) is -1.36. The van der Waals surface area contributed by atoms with Crippen molar-refractivity contribution in [1.82, 2.24) is 0 Å². The fourth-order valence-electron chi connectivity index (χ4n) is 1.31. The van der Waals surface area contributed by atoms with E-state index in [2.05, 4.69) is 6.92 Å². The van der Waals surface area contributed by atoms with Crippen LogP contribution in [0, 0.1) is 0 Å². The van der Waals surface area contributed by atoms with Crippen LogP contribution in [-0.2, 0) is 14.1 Å². The van der Waals surface area contributed by atoms with Crippen LogP contribution in [0.2, 0.25) is 0 Å². The minimum Gasteiger partial charge on any atom is -1.00 e. The monoisotopic (exact) mass is 290 g/mol. The predicted octanol–water partition coefficient (Wildman–Crippen LogP) is -0.427. The molecule has 5 nitrogen and oxygen atoms in total. The molecule has 0 bridgehead atoms. The molecule has 0 aliphatic carbocycles. The molecule has 0 amide bonds. The van der Waals surface area contributed by atoms with E-state index in [9.17, 15) is 9.36 Å². The zero-order valence-electron chi connectivity index (χ0n) is 12.6. The maximum absolute atomic E-state index is 11.2. The second kappa shape index (κ2) is 11.4. The number of hydrogen-bond acceptors (Lipinski definition) is 3. The summed E-state index contributed by atoms with van der Waals surface area (Å²) in [4.78, 5) is 28.7. The molecular formula is C11H24NaO5P. The topological polar surface area (TPSA) is 83.8 Å². The Kier molecular flexibility index (Phi) is 13.3. The van der Waals surface area contributed by atoms with Gasteiger partial charge in [0.2, 0.25) is 0 Å². The second-order valence-corrected chi connectivity index (χ2v) is 6.15. The van der Waals surface area contributed by atoms with Crippen LogP contribution in [0.4, 0.5) is 0 Å². The largest absolute Gasteiger partial charge is 1.00 e. The molecule has 7 heteroatoms. The van der Waals surface area contributed by atoms with Crippen LogP contribution in [0.5, 0.6) is 0 Å². The molecule has 0 aromatic carbocycles. The van der Waals surface area contributed by atoms with Crippen molar-refractivity contribution < 1.29 is 54.9 Å². The Morgan fingerprint density at radius 2 is 1.72 bits per heavy atom. The third kappa shape index (κ3) is 10.5. The molecule has 1 unspecified atom stereocenters. The summed E-state index contributed by atoms with van der Waals surface area (Å²) in [7, 11) is -4.36. The van der Waals surface area contributed by atoms with Crippen molar-refractivity contribution in [3.8, 4) is 0 Å². The van der Waals surface area contributed by atoms with Crippen molar-refractivity contribution >= 4 is 13.6 Å². The fraction of sp³-hybridized carbons (Fsp3) is 0.909. The molecule has 0 aliphatic rings. The Bertz CT molecular complexity index is 272. The van der Waals surface area contributed by atoms with Crippen LogP contribution in [0.25, 0.3) is 0 Å². The molecule has 0 aromatic rings. The van der Waals surface area contributed by atoms with Crippen molar-refractivity contribution in [3.63, 3.8) is 0 Å². The number of esters is 1. The van der Waals surface area contributed by atoms with Gasteiger partial charge < -0.3 is 16.0 Å². The van der Waals surface area contributed by atoms with Gasteiger partial charge in [-0.05, 0) is 13.3 Å². The summed E-state index contributed by atoms with van der Waals surface area (Å²) in [6, 6.07) is 0. The molecule has 0 aromatic heterocycles. The molecule has 0 saturated heterocycles. The van der Waals surface area contributed by atoms with E-state index in [-0.39, 0.29) is 37.6 Å². The Labute approximate surface area is 133 Å². The molecular weight excluding hydrogens is 266 g/mol. The molecule has 1 atom stereocenters. The molecule has 0 aliphatic heterocycles. The molecule has 0 fully saturated rings. The van der Waals surface area contributed by atoms with Crippen LogP contribution < -0.4 is 29.6 Å². The van der Waals surface area contributed by atoms with Crippen molar-refractivity contribution in [3.05, 3.63) is 0 Å². The van der Waals surface area contributed by atoms with E-state index < -0.39 is 19.2 Å². The van der Waals surface area contributed by atoms with Gasteiger partial charge in [0, 0.05) is 0 Å². The molecule has 2 N–H and O–H groups in total. The number of hydrogen-bond donors (Lipinski definition) is 2. The molecule has 104 valence electrons. The second-order valence-electron chi connectivity index (χ2n) is 4.20. The van der Waals surface area contributed by atoms with E-state index >= 15 is 0 Å². The van der Waals surface area contributed by atoms with E-state index in [0.29, 0.717) is 0 Å². The molecule has 0 saturated carbocycles. The zero-order chi connectivity index (χ0) is 13.3. The Hall–Kier alpha value is 0.620. The first-order chi connectivity index (χ1) is 7.89. The van der Waals surface area contributed by atoms with Crippen molar-refractivity contribution in [2.75, 3.05) is 6.61 Å². The van der Waals surface area contributed by atoms with Crippen molar-refractivity contribution in [1.29, 1.82) is 0 Å². The standard InChI is InChI=1S/C11H23O5P.Na.H/c1-3-4-5-6-7-8-9-16-11(12)10(2)17(13,14)15;;/h10H,3-9H2,1-2H3,(H2,13,14,15);;/q;+1;-1. The quantitative estimate of drug-likeness (QED) is 0.261. The zero-order valence-corrected chi connectivity index (χ0v) is 14.5. The maximum Gasteiger partial charge on any atom is 1.00 e. The van der Waals surface area contributed by atoms with Crippen LogP contribution in [0.15, 0.2) is 0 Å². The van der Waals surface area contributed by atoms with Gasteiger partial charge >= 0.3 is 43.1 Å². The van der Waals surface area contributed by atoms with Crippen LogP contribution in [-0.4, -0.2) is 28.0 Å². The number of carbonyl (C=O) groups is 1. The summed E-state index contributed by atoms with van der Waals surface area (Å²) in [5, 5.41) is 0. The first-order valence-corrected chi connectivity index (χ1v) is 7.79. The molecule has 0 spiro atoms. The smallest absolute Gasteiger partial charge is 1.00 e. The third-order valence-electron chi connectivity index (χ3n) is 2.59. The summed E-state index contributed by atoms with van der Waals surface area (Å²) in [6.07, 6.45) is 6.44. The maximum atomic E-state index is 11.2. The van der Waals surface area contributed by atoms with Gasteiger partial charge in [-0.15, -0.1) is 0 Å². The Morgan fingerprint density at radius 3 is 2.22 bits per heavy atom. The molecule has 0 heterocycles. The van der Waals surface area contributed by atoms with Crippen LogP contribution in [0.3, 0.4) is 0 Å². The van der Waals surface area contributed by atoms with Gasteiger partial charge in [0.05, 0.1) is 6.61 Å². The van der Waals surface area contributed by atoms with E-state index in [0.717, 1.165) is 19.3 Å². The van der Waals surface area contributed by atoms with Gasteiger partial charge in [0.15, 0.2) is 5.66 Å². The molecule has 0 rings (SSSR count). The van der Waals surface area contributed by atoms with E-state index in [4.69, 9.17) is 14.5 Å². The van der Waals surface area contributed by atoms with E-state index in [1.165, 1.54) is 26.2 Å². The van der Waals surface area contributed by atoms with Gasteiger partial charge in [0.1, 0.15) is 0 Å². The molecule has 0 radical (unpaired) electrons. The van der Waals surface area contributed by atoms with Crippen molar-refractivity contribution in [2.24, 2.45) is 0 Å². The Morgan fingerprint density at radius 1 is 1.22 bits per heavy atom. The van der Waals surface area contributed by atoms with Gasteiger partial charge in [-0.2, -0.15) is 0 Å². The normalized spacial score (nSPS) is 12.7. The minimum atomic E-state index is -4.36. The summed E-state index contributed by atoms with van der Waals surface area (Å²) in [5.74, 6) is -0.813. The summed E-state index contributed by atoms with van der Waals surface area (Å²) < 4.78 is 15.6. The fourth-order valence-corrected chi connectivity index (χ4v) is 1.66. The van der Waals surface area contributed by atoms with Crippen LogP contribution >= 0.6 is 7.60 Å². The van der Waals surface area contributed by atoms with Gasteiger partial charge in [-0.1, -0.05) is 39.0 Å². The Balaban J connectivity index is -0.00000128. The third-order valence-corrected chi connectivity index (χ3v) is 3.81. The first kappa shape index (κ1) is 20.9. The van der Waals surface area contributed by atoms with Gasteiger partial charge in [-0.25, -0.2) is 0 Å². The number of unbranched alkanes of at least 4 members (excludes halogenated alkanes) is 5. The van der Waals surface area contributed by atoms with E-state index in [1.807, 2.05) is 0 Å². The van der Waals surface area contributed by atoms with Crippen molar-refractivity contribution in [2.45, 2.75) is 58.0 Å². The number of ether oxygens (including phenoxy) is 1. The van der Waals surface area contributed by atoms with Crippen LogP contribution in [0.1, 0.15) is 53.8 Å². The summed E-state index contributed by atoms with van der Waals surface area (Å²) >= 11 is 0. The SMILES string of the molecule is CCCCCCCCOC(=O)C(C)P(=O)(O)O.[H-].[Na+]. The molecule has 18 heavy (non-hydrogen) atoms. The van der Waals surface area contributed by atoms with Gasteiger partial charge in [0.25, 0.3) is 0 Å². The predicted molar refractivity (Wildman–Crippen MR) is 67.0 cm³/mol.